The van der Waals surface area contributed by atoms with Crippen molar-refractivity contribution >= 4 is 9.04 Å². The van der Waals surface area contributed by atoms with Crippen molar-refractivity contribution in [3.05, 3.63) is 24.3 Å². The van der Waals surface area contributed by atoms with Gasteiger partial charge in [-0.25, -0.2) is 0 Å². The Morgan fingerprint density at radius 1 is 1.05 bits per heavy atom. The zero-order chi connectivity index (χ0) is 14.7. The Morgan fingerprint density at radius 2 is 1.58 bits per heavy atom. The summed E-state index contributed by atoms with van der Waals surface area (Å²) in [5, 5.41) is 0. The SMILES string of the molecule is CC#C[C@@H](C)[C@H](O[Si](C/C=C\C)C/C=C\C)C(C)C. The largest absolute Gasteiger partial charge is 0.412 e. The maximum absolute atomic E-state index is 6.43. The minimum Gasteiger partial charge on any atom is -0.412 e. The summed E-state index contributed by atoms with van der Waals surface area (Å²) in [6, 6.07) is 2.14. The summed E-state index contributed by atoms with van der Waals surface area (Å²) in [6.45, 7) is 12.7. The van der Waals surface area contributed by atoms with Gasteiger partial charge in [-0.05, 0) is 45.7 Å². The van der Waals surface area contributed by atoms with E-state index in [1.165, 1.54) is 0 Å². The Hall–Kier alpha value is -0.783. The predicted molar refractivity (Wildman–Crippen MR) is 87.3 cm³/mol. The van der Waals surface area contributed by atoms with Crippen molar-refractivity contribution in [2.24, 2.45) is 11.8 Å². The van der Waals surface area contributed by atoms with Gasteiger partial charge >= 0.3 is 0 Å². The van der Waals surface area contributed by atoms with Crippen LogP contribution in [0.25, 0.3) is 0 Å². The molecule has 0 fully saturated rings. The van der Waals surface area contributed by atoms with E-state index >= 15 is 0 Å². The maximum Gasteiger partial charge on any atom is 0.219 e. The molecular weight excluding hydrogens is 248 g/mol. The molecule has 0 heterocycles. The molecule has 0 amide bonds. The predicted octanol–water partition coefficient (Wildman–Crippen LogP) is 4.83. The van der Waals surface area contributed by atoms with Crippen LogP contribution in [0, 0.1) is 23.7 Å². The second kappa shape index (κ2) is 11.1. The van der Waals surface area contributed by atoms with Crippen LogP contribution in [-0.2, 0) is 4.43 Å². The highest BCUT2D eigenvalue weighted by Gasteiger charge is 2.24. The van der Waals surface area contributed by atoms with Crippen molar-refractivity contribution < 1.29 is 4.43 Å². The van der Waals surface area contributed by atoms with Crippen LogP contribution >= 0.6 is 0 Å². The van der Waals surface area contributed by atoms with Gasteiger partial charge in [-0.2, -0.15) is 0 Å². The normalized spacial score (nSPS) is 15.2. The van der Waals surface area contributed by atoms with Gasteiger partial charge in [0.1, 0.15) is 0 Å². The minimum absolute atomic E-state index is 0.247. The van der Waals surface area contributed by atoms with Crippen molar-refractivity contribution in [1.29, 1.82) is 0 Å². The first kappa shape index (κ1) is 18.2. The lowest BCUT2D eigenvalue weighted by atomic mass is 9.95. The Kier molecular flexibility index (Phi) is 10.6. The average Bonchev–Trinajstić information content (AvgIpc) is 2.37. The van der Waals surface area contributed by atoms with E-state index in [0.717, 1.165) is 12.1 Å². The van der Waals surface area contributed by atoms with E-state index in [0.29, 0.717) is 11.8 Å². The molecule has 0 aliphatic rings. The third-order valence-electron chi connectivity index (χ3n) is 2.99. The molecule has 0 bridgehead atoms. The molecule has 0 unspecified atom stereocenters. The minimum atomic E-state index is -0.817. The summed E-state index contributed by atoms with van der Waals surface area (Å²) in [4.78, 5) is 0. The molecule has 1 radical (unpaired) electrons. The van der Waals surface area contributed by atoms with Gasteiger partial charge < -0.3 is 4.43 Å². The quantitative estimate of drug-likeness (QED) is 0.351. The molecule has 2 atom stereocenters. The van der Waals surface area contributed by atoms with Crippen LogP contribution in [0.1, 0.15) is 41.5 Å². The first-order valence-electron chi connectivity index (χ1n) is 7.22. The van der Waals surface area contributed by atoms with Crippen LogP contribution in [0.3, 0.4) is 0 Å². The maximum atomic E-state index is 6.43. The van der Waals surface area contributed by atoms with Crippen LogP contribution < -0.4 is 0 Å². The summed E-state index contributed by atoms with van der Waals surface area (Å²) in [7, 11) is -0.817. The average molecular weight is 278 g/mol. The van der Waals surface area contributed by atoms with Gasteiger partial charge in [0.15, 0.2) is 0 Å². The standard InChI is InChI=1S/C17H29OSi/c1-7-10-13-19(14-11-8-2)18-17(15(4)5)16(6)12-9-3/h7-8,10-11,15-17H,13-14H2,1-6H3/b10-7-,11-8-/t16-,17-/m1/s1. The Bertz CT molecular complexity index is 319. The van der Waals surface area contributed by atoms with Crippen LogP contribution in [0.5, 0.6) is 0 Å². The molecule has 19 heavy (non-hydrogen) atoms. The lowest BCUT2D eigenvalue weighted by Gasteiger charge is -2.28. The second-order valence-corrected chi connectivity index (χ2v) is 7.22. The van der Waals surface area contributed by atoms with Gasteiger partial charge in [0, 0.05) is 5.92 Å². The molecule has 0 aliphatic carbocycles. The number of rotatable bonds is 8. The third kappa shape index (κ3) is 8.08. The van der Waals surface area contributed by atoms with E-state index in [4.69, 9.17) is 4.43 Å². The molecule has 0 aliphatic heterocycles. The van der Waals surface area contributed by atoms with Gasteiger partial charge in [0.2, 0.25) is 9.04 Å². The van der Waals surface area contributed by atoms with Crippen molar-refractivity contribution in [2.75, 3.05) is 0 Å². The molecule has 1 nitrogen and oxygen atoms in total. The number of allylic oxidation sites excluding steroid dienone is 4. The molecule has 0 spiro atoms. The molecule has 0 aromatic carbocycles. The highest BCUT2D eigenvalue weighted by molar-refractivity contribution is 6.53. The highest BCUT2D eigenvalue weighted by Crippen LogP contribution is 2.20. The third-order valence-corrected chi connectivity index (χ3v) is 4.97. The van der Waals surface area contributed by atoms with Crippen molar-refractivity contribution in [3.8, 4) is 11.8 Å². The lowest BCUT2D eigenvalue weighted by Crippen LogP contribution is -2.33. The number of hydrogen-bond acceptors (Lipinski definition) is 1. The highest BCUT2D eigenvalue weighted by atomic mass is 28.3. The molecule has 0 saturated carbocycles. The zero-order valence-electron chi connectivity index (χ0n) is 13.4. The second-order valence-electron chi connectivity index (χ2n) is 5.09. The van der Waals surface area contributed by atoms with E-state index in [1.54, 1.807) is 0 Å². The fourth-order valence-corrected chi connectivity index (χ4v) is 4.21. The monoisotopic (exact) mass is 277 g/mol. The summed E-state index contributed by atoms with van der Waals surface area (Å²) in [5.41, 5.74) is 0. The van der Waals surface area contributed by atoms with Gasteiger partial charge in [-0.15, -0.1) is 5.92 Å². The first-order valence-corrected chi connectivity index (χ1v) is 9.04. The Labute approximate surface area is 121 Å². The lowest BCUT2D eigenvalue weighted by molar-refractivity contribution is 0.118. The molecule has 0 aromatic heterocycles. The van der Waals surface area contributed by atoms with Gasteiger partial charge in [-0.3, -0.25) is 0 Å². The molecule has 0 N–H and O–H groups in total. The van der Waals surface area contributed by atoms with Gasteiger partial charge in [-0.1, -0.05) is 44.1 Å². The van der Waals surface area contributed by atoms with E-state index in [2.05, 4.69) is 70.8 Å². The summed E-state index contributed by atoms with van der Waals surface area (Å²) in [6.07, 6.45) is 8.93. The summed E-state index contributed by atoms with van der Waals surface area (Å²) in [5.74, 6) is 7.08. The van der Waals surface area contributed by atoms with Crippen LogP contribution in [-0.4, -0.2) is 15.1 Å². The van der Waals surface area contributed by atoms with E-state index in [1.807, 2.05) is 6.92 Å². The number of hydrogen-bond donors (Lipinski definition) is 0. The fraction of sp³-hybridized carbons (Fsp3) is 0.647. The smallest absolute Gasteiger partial charge is 0.219 e. The van der Waals surface area contributed by atoms with Crippen molar-refractivity contribution in [2.45, 2.75) is 59.7 Å². The summed E-state index contributed by atoms with van der Waals surface area (Å²) >= 11 is 0. The molecule has 107 valence electrons. The first-order chi connectivity index (χ1) is 9.06. The molecular formula is C17H29OSi. The van der Waals surface area contributed by atoms with Crippen LogP contribution in [0.4, 0.5) is 0 Å². The fourth-order valence-electron chi connectivity index (χ4n) is 2.00. The van der Waals surface area contributed by atoms with Crippen LogP contribution in [0.2, 0.25) is 12.1 Å². The summed E-state index contributed by atoms with van der Waals surface area (Å²) < 4.78 is 6.43. The topological polar surface area (TPSA) is 9.23 Å². The van der Waals surface area contributed by atoms with Crippen LogP contribution in [0.15, 0.2) is 24.3 Å². The van der Waals surface area contributed by atoms with E-state index in [-0.39, 0.29) is 6.10 Å². The Morgan fingerprint density at radius 3 is 1.95 bits per heavy atom. The molecule has 0 aromatic rings. The molecule has 2 heteroatoms. The van der Waals surface area contributed by atoms with Gasteiger partial charge in [0.25, 0.3) is 0 Å². The van der Waals surface area contributed by atoms with E-state index in [9.17, 15) is 0 Å². The zero-order valence-corrected chi connectivity index (χ0v) is 14.4. The van der Waals surface area contributed by atoms with E-state index < -0.39 is 9.04 Å². The molecule has 0 saturated heterocycles. The van der Waals surface area contributed by atoms with Crippen molar-refractivity contribution in [3.63, 3.8) is 0 Å². The van der Waals surface area contributed by atoms with Gasteiger partial charge in [0.05, 0.1) is 6.10 Å². The van der Waals surface area contributed by atoms with Crippen molar-refractivity contribution in [1.82, 2.24) is 0 Å². The molecule has 0 rings (SSSR count). The Balaban J connectivity index is 4.74.